The van der Waals surface area contributed by atoms with E-state index >= 15 is 0 Å². The monoisotopic (exact) mass is 549 g/mol. The minimum atomic E-state index is -1.41. The molecule has 1 amide bonds. The lowest BCUT2D eigenvalue weighted by molar-refractivity contribution is -0.228. The molecule has 3 aromatic carbocycles. The third-order valence-corrected chi connectivity index (χ3v) is 8.17. The second-order valence-electron chi connectivity index (χ2n) is 10.9. The fourth-order valence-electron chi connectivity index (χ4n) is 5.81. The van der Waals surface area contributed by atoms with Gasteiger partial charge in [-0.25, -0.2) is 4.39 Å². The Labute approximate surface area is 233 Å². The van der Waals surface area contributed by atoms with Gasteiger partial charge in [0.25, 0.3) is 0 Å². The van der Waals surface area contributed by atoms with Crippen LogP contribution in [0.25, 0.3) is 0 Å². The number of β-lactam (4-membered cyclic amide) rings is 1. The Morgan fingerprint density at radius 3 is 2.10 bits per heavy atom. The van der Waals surface area contributed by atoms with E-state index in [1.807, 2.05) is 60.4 Å². The SMILES string of the molecule is Cc1ccc(N2C(=O)[C@@H](CCCc3ccc(F)cc3)[C@H]2c2ccc(C[C@H]3O[C@H](CO)[C@@H](O)[C@H](O)[C@H]3O)cc2)cc1. The molecule has 8 heteroatoms. The van der Waals surface area contributed by atoms with E-state index in [-0.39, 0.29) is 30.1 Å². The molecule has 2 aliphatic rings. The molecule has 2 aliphatic heterocycles. The molecule has 212 valence electrons. The Kier molecular flexibility index (Phi) is 8.63. The van der Waals surface area contributed by atoms with Crippen molar-refractivity contribution in [1.82, 2.24) is 0 Å². The van der Waals surface area contributed by atoms with Crippen molar-refractivity contribution in [2.75, 3.05) is 11.5 Å². The molecular weight excluding hydrogens is 513 g/mol. The first kappa shape index (κ1) is 28.4. The number of amides is 1. The normalized spacial score (nSPS) is 28.4. The van der Waals surface area contributed by atoms with Crippen LogP contribution in [-0.4, -0.2) is 63.5 Å². The lowest BCUT2D eigenvalue weighted by atomic mass is 9.78. The maximum absolute atomic E-state index is 13.4. The Morgan fingerprint density at radius 1 is 0.825 bits per heavy atom. The first-order chi connectivity index (χ1) is 19.3. The zero-order chi connectivity index (χ0) is 28.4. The number of hydrogen-bond donors (Lipinski definition) is 4. The van der Waals surface area contributed by atoms with Crippen LogP contribution in [0.1, 0.15) is 41.1 Å². The number of anilines is 1. The maximum atomic E-state index is 13.4. The molecule has 0 unspecified atom stereocenters. The van der Waals surface area contributed by atoms with E-state index in [9.17, 15) is 29.6 Å². The molecule has 2 fully saturated rings. The number of aliphatic hydroxyl groups excluding tert-OH is 4. The summed E-state index contributed by atoms with van der Waals surface area (Å²) < 4.78 is 18.9. The average Bonchev–Trinajstić information content (AvgIpc) is 2.96. The highest BCUT2D eigenvalue weighted by atomic mass is 19.1. The van der Waals surface area contributed by atoms with Crippen LogP contribution in [0.15, 0.2) is 72.8 Å². The fraction of sp³-hybridized carbons (Fsp3) is 0.406. The van der Waals surface area contributed by atoms with Crippen LogP contribution >= 0.6 is 0 Å². The molecule has 0 aromatic heterocycles. The number of rotatable bonds is 9. The summed E-state index contributed by atoms with van der Waals surface area (Å²) in [6.45, 7) is 1.54. The van der Waals surface area contributed by atoms with Gasteiger partial charge in [0.1, 0.15) is 30.2 Å². The molecular formula is C32H36FNO6. The second kappa shape index (κ2) is 12.2. The fourth-order valence-corrected chi connectivity index (χ4v) is 5.81. The number of halogens is 1. The molecule has 0 radical (unpaired) electrons. The number of aryl methyl sites for hydroxylation is 2. The number of carbonyl (C=O) groups is 1. The van der Waals surface area contributed by atoms with Gasteiger partial charge >= 0.3 is 0 Å². The quantitative estimate of drug-likeness (QED) is 0.305. The van der Waals surface area contributed by atoms with Gasteiger partial charge in [0, 0.05) is 12.1 Å². The Bertz CT molecular complexity index is 1280. The minimum Gasteiger partial charge on any atom is -0.394 e. The van der Waals surface area contributed by atoms with E-state index < -0.39 is 37.1 Å². The van der Waals surface area contributed by atoms with Gasteiger partial charge in [-0.15, -0.1) is 0 Å². The summed E-state index contributed by atoms with van der Waals surface area (Å²) >= 11 is 0. The summed E-state index contributed by atoms with van der Waals surface area (Å²) in [6.07, 6.45) is -3.25. The highest BCUT2D eigenvalue weighted by molar-refractivity contribution is 6.03. The van der Waals surface area contributed by atoms with Crippen molar-refractivity contribution in [3.63, 3.8) is 0 Å². The van der Waals surface area contributed by atoms with Gasteiger partial charge in [0.2, 0.25) is 5.91 Å². The van der Waals surface area contributed by atoms with Crippen molar-refractivity contribution >= 4 is 11.6 Å². The zero-order valence-electron chi connectivity index (χ0n) is 22.4. The Hall–Kier alpha value is -3.14. The zero-order valence-corrected chi connectivity index (χ0v) is 22.4. The van der Waals surface area contributed by atoms with Crippen LogP contribution in [0.5, 0.6) is 0 Å². The molecule has 7 atom stereocenters. The van der Waals surface area contributed by atoms with Gasteiger partial charge in [-0.05, 0) is 67.1 Å². The van der Waals surface area contributed by atoms with Crippen LogP contribution in [0.4, 0.5) is 10.1 Å². The van der Waals surface area contributed by atoms with Crippen molar-refractivity contribution in [2.24, 2.45) is 5.92 Å². The number of ether oxygens (including phenoxy) is 1. The van der Waals surface area contributed by atoms with E-state index in [2.05, 4.69) is 0 Å². The van der Waals surface area contributed by atoms with Crippen molar-refractivity contribution in [3.8, 4) is 0 Å². The van der Waals surface area contributed by atoms with Crippen LogP contribution in [0, 0.1) is 18.7 Å². The van der Waals surface area contributed by atoms with Crippen LogP contribution in [-0.2, 0) is 22.4 Å². The molecule has 7 nitrogen and oxygen atoms in total. The van der Waals surface area contributed by atoms with Crippen molar-refractivity contribution < 1.29 is 34.3 Å². The van der Waals surface area contributed by atoms with Crippen molar-refractivity contribution in [3.05, 3.63) is 101 Å². The molecule has 4 N–H and O–H groups in total. The lowest BCUT2D eigenvalue weighted by Gasteiger charge is -2.48. The molecule has 0 spiro atoms. The largest absolute Gasteiger partial charge is 0.394 e. The molecule has 0 bridgehead atoms. The smallest absolute Gasteiger partial charge is 0.233 e. The van der Waals surface area contributed by atoms with Gasteiger partial charge in [0.15, 0.2) is 0 Å². The molecule has 40 heavy (non-hydrogen) atoms. The van der Waals surface area contributed by atoms with Crippen molar-refractivity contribution in [2.45, 2.75) is 69.2 Å². The summed E-state index contributed by atoms with van der Waals surface area (Å²) in [5.41, 5.74) is 4.85. The van der Waals surface area contributed by atoms with Crippen LogP contribution in [0.3, 0.4) is 0 Å². The highest BCUT2D eigenvalue weighted by Gasteiger charge is 2.48. The lowest BCUT2D eigenvalue weighted by Crippen LogP contribution is -2.59. The van der Waals surface area contributed by atoms with E-state index in [0.717, 1.165) is 40.8 Å². The number of nitrogens with zero attached hydrogens (tertiary/aromatic N) is 1. The summed E-state index contributed by atoms with van der Waals surface area (Å²) in [5, 5.41) is 40.1. The molecule has 0 aliphatic carbocycles. The van der Waals surface area contributed by atoms with E-state index in [4.69, 9.17) is 4.74 Å². The van der Waals surface area contributed by atoms with E-state index in [0.29, 0.717) is 6.42 Å². The maximum Gasteiger partial charge on any atom is 0.233 e. The predicted molar refractivity (Wildman–Crippen MR) is 148 cm³/mol. The average molecular weight is 550 g/mol. The molecule has 5 rings (SSSR count). The summed E-state index contributed by atoms with van der Waals surface area (Å²) in [4.78, 5) is 15.2. The number of benzene rings is 3. The summed E-state index contributed by atoms with van der Waals surface area (Å²) in [6, 6.07) is 22.0. The Balaban J connectivity index is 1.31. The van der Waals surface area contributed by atoms with Gasteiger partial charge < -0.3 is 30.1 Å². The minimum absolute atomic E-state index is 0.0818. The van der Waals surface area contributed by atoms with Gasteiger partial charge in [-0.2, -0.15) is 0 Å². The van der Waals surface area contributed by atoms with Crippen LogP contribution in [0.2, 0.25) is 0 Å². The predicted octanol–water partition coefficient (Wildman–Crippen LogP) is 3.25. The molecule has 0 saturated carbocycles. The summed E-state index contributed by atoms with van der Waals surface area (Å²) in [5.74, 6) is -0.363. The third-order valence-electron chi connectivity index (χ3n) is 8.17. The molecule has 3 aromatic rings. The Morgan fingerprint density at radius 2 is 1.45 bits per heavy atom. The second-order valence-corrected chi connectivity index (χ2v) is 10.9. The standard InChI is InChI=1S/C32H36FNO6/c1-19-5-15-24(16-6-19)34-28(25(32(34)39)4-2-3-20-9-13-23(33)14-10-20)22-11-7-21(8-12-22)17-26-29(36)31(38)30(37)27(18-35)40-26/h5-16,25-31,35-38H,2-4,17-18H2,1H3/t25-,26+,27+,28+,29-,30+,31+/m0/s1. The number of hydrogen-bond acceptors (Lipinski definition) is 6. The highest BCUT2D eigenvalue weighted by Crippen LogP contribution is 2.46. The van der Waals surface area contributed by atoms with E-state index in [1.54, 1.807) is 12.1 Å². The topological polar surface area (TPSA) is 110 Å². The first-order valence-electron chi connectivity index (χ1n) is 13.8. The molecule has 2 saturated heterocycles. The van der Waals surface area contributed by atoms with Gasteiger partial charge in [-0.3, -0.25) is 4.79 Å². The first-order valence-corrected chi connectivity index (χ1v) is 13.8. The molecule has 2 heterocycles. The summed E-state index contributed by atoms with van der Waals surface area (Å²) in [7, 11) is 0. The van der Waals surface area contributed by atoms with E-state index in [1.165, 1.54) is 12.1 Å². The number of aliphatic hydroxyl groups is 4. The van der Waals surface area contributed by atoms with Crippen LogP contribution < -0.4 is 4.90 Å². The van der Waals surface area contributed by atoms with Crippen molar-refractivity contribution in [1.29, 1.82) is 0 Å². The third kappa shape index (κ3) is 5.82. The van der Waals surface area contributed by atoms with Gasteiger partial charge in [-0.1, -0.05) is 54.1 Å². The van der Waals surface area contributed by atoms with Gasteiger partial charge in [0.05, 0.1) is 24.7 Å². The number of carbonyl (C=O) groups excluding carboxylic acids is 1.